The number of benzene rings is 1. The highest BCUT2D eigenvalue weighted by atomic mass is 32.1. The quantitative estimate of drug-likeness (QED) is 0.683. The number of hydrogen-bond acceptors (Lipinski definition) is 2. The van der Waals surface area contributed by atoms with E-state index in [1.807, 2.05) is 0 Å². The van der Waals surface area contributed by atoms with Crippen LogP contribution in [0.3, 0.4) is 0 Å². The molecule has 1 aromatic heterocycles. The van der Waals surface area contributed by atoms with Crippen molar-refractivity contribution in [1.82, 2.24) is 4.37 Å². The van der Waals surface area contributed by atoms with Crippen LogP contribution in [0.2, 0.25) is 0 Å². The lowest BCUT2D eigenvalue weighted by atomic mass is 10.0. The highest BCUT2D eigenvalue weighted by Crippen LogP contribution is 2.37. The minimum absolute atomic E-state index is 0.742. The summed E-state index contributed by atoms with van der Waals surface area (Å²) in [4.78, 5) is 0. The molecule has 2 heteroatoms. The van der Waals surface area contributed by atoms with Crippen molar-refractivity contribution in [2.45, 2.75) is 31.6 Å². The molecule has 0 aliphatic heterocycles. The van der Waals surface area contributed by atoms with Crippen LogP contribution in [0.1, 0.15) is 37.3 Å². The molecule has 0 amide bonds. The van der Waals surface area contributed by atoms with Crippen molar-refractivity contribution < 1.29 is 0 Å². The van der Waals surface area contributed by atoms with Crippen LogP contribution in [0.5, 0.6) is 0 Å². The lowest BCUT2D eigenvalue weighted by Crippen LogP contribution is -1.91. The average Bonchev–Trinajstić information content (AvgIpc) is 2.85. The molecule has 1 aromatic carbocycles. The van der Waals surface area contributed by atoms with Gasteiger partial charge in [0.05, 0.1) is 10.4 Å². The Labute approximate surface area is 87.9 Å². The van der Waals surface area contributed by atoms with Gasteiger partial charge in [0.1, 0.15) is 0 Å². The summed E-state index contributed by atoms with van der Waals surface area (Å²) in [6, 6.07) is 8.60. The predicted octanol–water partition coefficient (Wildman–Crippen LogP) is 3.95. The van der Waals surface area contributed by atoms with Gasteiger partial charge in [0.15, 0.2) is 0 Å². The zero-order valence-corrected chi connectivity index (χ0v) is 8.89. The zero-order valence-electron chi connectivity index (χ0n) is 8.07. The van der Waals surface area contributed by atoms with Gasteiger partial charge in [0.2, 0.25) is 0 Å². The molecule has 0 saturated heterocycles. The topological polar surface area (TPSA) is 12.9 Å². The van der Waals surface area contributed by atoms with Crippen molar-refractivity contribution >= 4 is 21.6 Å². The number of aromatic nitrogens is 1. The Morgan fingerprint density at radius 3 is 2.79 bits per heavy atom. The van der Waals surface area contributed by atoms with E-state index in [9.17, 15) is 0 Å². The van der Waals surface area contributed by atoms with E-state index in [0.29, 0.717) is 0 Å². The number of rotatable bonds is 1. The second-order valence-corrected chi connectivity index (χ2v) is 4.85. The molecule has 0 N–H and O–H groups in total. The van der Waals surface area contributed by atoms with Gasteiger partial charge in [-0.15, -0.1) is 0 Å². The first-order valence-corrected chi connectivity index (χ1v) is 6.07. The first-order chi connectivity index (χ1) is 6.95. The normalized spacial score (nSPS) is 18.0. The Bertz CT molecular complexity index is 440. The Kier molecular flexibility index (Phi) is 2.02. The van der Waals surface area contributed by atoms with Crippen LogP contribution in [-0.2, 0) is 0 Å². The number of hydrogen-bond donors (Lipinski definition) is 0. The molecule has 1 heterocycles. The van der Waals surface area contributed by atoms with Crippen molar-refractivity contribution in [3.63, 3.8) is 0 Å². The first-order valence-electron chi connectivity index (χ1n) is 5.29. The fraction of sp³-hybridized carbons (Fsp3) is 0.417. The molecule has 72 valence electrons. The van der Waals surface area contributed by atoms with Crippen LogP contribution in [0.15, 0.2) is 24.3 Å². The Morgan fingerprint density at radius 2 is 1.93 bits per heavy atom. The van der Waals surface area contributed by atoms with Crippen molar-refractivity contribution in [3.8, 4) is 0 Å². The van der Waals surface area contributed by atoms with Crippen LogP contribution in [0.25, 0.3) is 10.1 Å². The van der Waals surface area contributed by atoms with Gasteiger partial charge in [-0.3, -0.25) is 0 Å². The minimum Gasteiger partial charge on any atom is -0.196 e. The molecule has 0 unspecified atom stereocenters. The summed E-state index contributed by atoms with van der Waals surface area (Å²) in [6.45, 7) is 0. The van der Waals surface area contributed by atoms with E-state index < -0.39 is 0 Å². The van der Waals surface area contributed by atoms with Crippen molar-refractivity contribution in [3.05, 3.63) is 30.0 Å². The Morgan fingerprint density at radius 1 is 1.14 bits per heavy atom. The van der Waals surface area contributed by atoms with Crippen LogP contribution in [-0.4, -0.2) is 4.37 Å². The molecule has 14 heavy (non-hydrogen) atoms. The summed E-state index contributed by atoms with van der Waals surface area (Å²) in [6.07, 6.45) is 5.45. The standard InChI is InChI=1S/C12H13NS/c1-2-6-9(5-1)12-10-7-3-4-8-11(10)14-13-12/h3-4,7-9H,1-2,5-6H2. The average molecular weight is 203 g/mol. The minimum atomic E-state index is 0.742. The van der Waals surface area contributed by atoms with Crippen molar-refractivity contribution in [2.24, 2.45) is 0 Å². The number of fused-ring (bicyclic) bond motifs is 1. The molecule has 0 spiro atoms. The summed E-state index contributed by atoms with van der Waals surface area (Å²) in [5.41, 5.74) is 1.36. The SMILES string of the molecule is c1ccc2c(C3CCCC3)nsc2c1. The maximum Gasteiger partial charge on any atom is 0.0651 e. The maximum atomic E-state index is 4.62. The molecule has 1 fully saturated rings. The van der Waals surface area contributed by atoms with E-state index in [4.69, 9.17) is 0 Å². The molecule has 1 nitrogen and oxygen atoms in total. The van der Waals surface area contributed by atoms with Gasteiger partial charge in [-0.05, 0) is 30.4 Å². The van der Waals surface area contributed by atoms with Crippen molar-refractivity contribution in [1.29, 1.82) is 0 Å². The van der Waals surface area contributed by atoms with Gasteiger partial charge in [-0.2, -0.15) is 4.37 Å². The molecule has 0 bridgehead atoms. The highest BCUT2D eigenvalue weighted by Gasteiger charge is 2.21. The molecular formula is C12H13NS. The van der Waals surface area contributed by atoms with E-state index in [2.05, 4.69) is 28.6 Å². The smallest absolute Gasteiger partial charge is 0.0651 e. The van der Waals surface area contributed by atoms with Crippen LogP contribution in [0.4, 0.5) is 0 Å². The summed E-state index contributed by atoms with van der Waals surface area (Å²) in [7, 11) is 0. The third-order valence-electron chi connectivity index (χ3n) is 3.15. The number of nitrogens with zero attached hydrogens (tertiary/aromatic N) is 1. The molecule has 2 aromatic rings. The van der Waals surface area contributed by atoms with Gasteiger partial charge < -0.3 is 0 Å². The molecule has 1 aliphatic rings. The van der Waals surface area contributed by atoms with Gasteiger partial charge in [-0.25, -0.2) is 0 Å². The van der Waals surface area contributed by atoms with Gasteiger partial charge in [0, 0.05) is 11.3 Å². The van der Waals surface area contributed by atoms with E-state index >= 15 is 0 Å². The molecule has 3 rings (SSSR count). The Hall–Kier alpha value is -0.890. The summed E-state index contributed by atoms with van der Waals surface area (Å²) < 4.78 is 5.96. The predicted molar refractivity (Wildman–Crippen MR) is 60.8 cm³/mol. The lowest BCUT2D eigenvalue weighted by Gasteiger charge is -2.04. The third-order valence-corrected chi connectivity index (χ3v) is 3.99. The van der Waals surface area contributed by atoms with E-state index in [1.165, 1.54) is 41.5 Å². The van der Waals surface area contributed by atoms with Crippen molar-refractivity contribution in [2.75, 3.05) is 0 Å². The highest BCUT2D eigenvalue weighted by molar-refractivity contribution is 7.13. The zero-order chi connectivity index (χ0) is 9.38. The molecular weight excluding hydrogens is 190 g/mol. The van der Waals surface area contributed by atoms with Gasteiger partial charge >= 0.3 is 0 Å². The van der Waals surface area contributed by atoms with E-state index in [-0.39, 0.29) is 0 Å². The van der Waals surface area contributed by atoms with E-state index in [0.717, 1.165) is 5.92 Å². The molecule has 0 radical (unpaired) electrons. The fourth-order valence-corrected chi connectivity index (χ4v) is 3.25. The molecule has 1 aliphatic carbocycles. The summed E-state index contributed by atoms with van der Waals surface area (Å²) in [5, 5.41) is 1.39. The lowest BCUT2D eigenvalue weighted by molar-refractivity contribution is 0.713. The first kappa shape index (κ1) is 8.42. The maximum absolute atomic E-state index is 4.62. The Balaban J connectivity index is 2.11. The van der Waals surface area contributed by atoms with E-state index in [1.54, 1.807) is 11.5 Å². The second kappa shape index (κ2) is 3.35. The monoisotopic (exact) mass is 203 g/mol. The third kappa shape index (κ3) is 1.25. The summed E-state index contributed by atoms with van der Waals surface area (Å²) in [5.74, 6) is 0.742. The van der Waals surface area contributed by atoms with Gasteiger partial charge in [-0.1, -0.05) is 31.0 Å². The largest absolute Gasteiger partial charge is 0.196 e. The molecule has 0 atom stereocenters. The molecule has 1 saturated carbocycles. The van der Waals surface area contributed by atoms with Crippen LogP contribution < -0.4 is 0 Å². The second-order valence-electron chi connectivity index (χ2n) is 4.05. The van der Waals surface area contributed by atoms with Gasteiger partial charge in [0.25, 0.3) is 0 Å². The summed E-state index contributed by atoms with van der Waals surface area (Å²) >= 11 is 1.65. The fourth-order valence-electron chi connectivity index (χ4n) is 2.40. The van der Waals surface area contributed by atoms with Crippen LogP contribution in [0, 0.1) is 0 Å². The van der Waals surface area contributed by atoms with Crippen LogP contribution >= 0.6 is 11.5 Å².